The molecule has 0 heterocycles. The molecule has 0 aromatic heterocycles. The van der Waals surface area contributed by atoms with Crippen molar-refractivity contribution in [3.05, 3.63) is 23.5 Å². The van der Waals surface area contributed by atoms with Crippen molar-refractivity contribution >= 4 is 23.3 Å². The zero-order chi connectivity index (χ0) is 15.3. The third kappa shape index (κ3) is 3.37. The van der Waals surface area contributed by atoms with Gasteiger partial charge < -0.3 is 21.1 Å². The SMILES string of the molecule is CCCN(CC(=O)NC)c1ccc(F)c(N)c1C(=O)O. The molecule has 0 bridgehead atoms. The summed E-state index contributed by atoms with van der Waals surface area (Å²) >= 11 is 0. The highest BCUT2D eigenvalue weighted by Crippen LogP contribution is 2.28. The minimum Gasteiger partial charge on any atom is -0.478 e. The van der Waals surface area contributed by atoms with Crippen LogP contribution in [0.15, 0.2) is 12.1 Å². The van der Waals surface area contributed by atoms with Crippen molar-refractivity contribution in [3.8, 4) is 0 Å². The maximum Gasteiger partial charge on any atom is 0.340 e. The molecule has 0 saturated carbocycles. The molecule has 20 heavy (non-hydrogen) atoms. The number of anilines is 2. The van der Waals surface area contributed by atoms with Crippen molar-refractivity contribution < 1.29 is 19.1 Å². The first-order chi connectivity index (χ1) is 9.42. The van der Waals surface area contributed by atoms with E-state index in [1.807, 2.05) is 6.92 Å². The molecule has 0 aliphatic carbocycles. The molecule has 0 unspecified atom stereocenters. The van der Waals surface area contributed by atoms with Crippen LogP contribution < -0.4 is 16.0 Å². The van der Waals surface area contributed by atoms with Gasteiger partial charge in [-0.1, -0.05) is 6.92 Å². The number of benzene rings is 1. The van der Waals surface area contributed by atoms with Gasteiger partial charge in [-0.15, -0.1) is 0 Å². The van der Waals surface area contributed by atoms with E-state index < -0.39 is 17.5 Å². The number of carbonyl (C=O) groups is 2. The van der Waals surface area contributed by atoms with Crippen LogP contribution in [0.5, 0.6) is 0 Å². The summed E-state index contributed by atoms with van der Waals surface area (Å²) < 4.78 is 13.4. The third-order valence-corrected chi connectivity index (χ3v) is 2.83. The van der Waals surface area contributed by atoms with E-state index in [-0.39, 0.29) is 23.7 Å². The van der Waals surface area contributed by atoms with Crippen molar-refractivity contribution in [2.24, 2.45) is 0 Å². The number of rotatable bonds is 6. The second-order valence-corrected chi connectivity index (χ2v) is 4.26. The van der Waals surface area contributed by atoms with Gasteiger partial charge in [0.1, 0.15) is 11.4 Å². The van der Waals surface area contributed by atoms with E-state index in [1.165, 1.54) is 13.1 Å². The Morgan fingerprint density at radius 3 is 2.60 bits per heavy atom. The molecule has 7 heteroatoms. The van der Waals surface area contributed by atoms with Gasteiger partial charge in [-0.25, -0.2) is 9.18 Å². The summed E-state index contributed by atoms with van der Waals surface area (Å²) in [6.07, 6.45) is 0.702. The van der Waals surface area contributed by atoms with Crippen molar-refractivity contribution in [2.75, 3.05) is 30.8 Å². The summed E-state index contributed by atoms with van der Waals surface area (Å²) in [4.78, 5) is 24.4. The fourth-order valence-electron chi connectivity index (χ4n) is 1.88. The molecule has 0 atom stereocenters. The van der Waals surface area contributed by atoms with Crippen molar-refractivity contribution in [2.45, 2.75) is 13.3 Å². The number of nitrogens with one attached hydrogen (secondary N) is 1. The predicted molar refractivity (Wildman–Crippen MR) is 74.3 cm³/mol. The topological polar surface area (TPSA) is 95.7 Å². The molecule has 6 nitrogen and oxygen atoms in total. The van der Waals surface area contributed by atoms with Gasteiger partial charge in [0.15, 0.2) is 0 Å². The lowest BCUT2D eigenvalue weighted by molar-refractivity contribution is -0.119. The molecule has 0 spiro atoms. The van der Waals surface area contributed by atoms with Gasteiger partial charge in [0.2, 0.25) is 5.91 Å². The van der Waals surface area contributed by atoms with E-state index in [1.54, 1.807) is 4.90 Å². The van der Waals surface area contributed by atoms with E-state index in [4.69, 9.17) is 5.73 Å². The van der Waals surface area contributed by atoms with Crippen molar-refractivity contribution in [1.29, 1.82) is 0 Å². The smallest absolute Gasteiger partial charge is 0.340 e. The molecule has 0 aliphatic heterocycles. The normalized spacial score (nSPS) is 10.2. The van der Waals surface area contributed by atoms with Gasteiger partial charge in [0.05, 0.1) is 17.9 Å². The van der Waals surface area contributed by atoms with E-state index in [9.17, 15) is 19.1 Å². The fourth-order valence-corrected chi connectivity index (χ4v) is 1.88. The standard InChI is InChI=1S/C13H18FN3O3/c1-3-6-17(7-10(18)16-2)9-5-4-8(14)12(15)11(9)13(19)20/h4-5H,3,6-7,15H2,1-2H3,(H,16,18)(H,19,20). The first-order valence-electron chi connectivity index (χ1n) is 6.19. The van der Waals surface area contributed by atoms with Crippen molar-refractivity contribution in [1.82, 2.24) is 5.32 Å². The number of nitrogen functional groups attached to an aromatic ring is 1. The Bertz CT molecular complexity index is 520. The Hall–Kier alpha value is -2.31. The minimum absolute atomic E-state index is 0.0182. The Labute approximate surface area is 116 Å². The van der Waals surface area contributed by atoms with Gasteiger partial charge >= 0.3 is 5.97 Å². The zero-order valence-corrected chi connectivity index (χ0v) is 11.4. The number of amides is 1. The fraction of sp³-hybridized carbons (Fsp3) is 0.385. The predicted octanol–water partition coefficient (Wildman–Crippen LogP) is 1.07. The quantitative estimate of drug-likeness (QED) is 0.679. The van der Waals surface area contributed by atoms with Crippen LogP contribution in [0.25, 0.3) is 0 Å². The Kier molecular flexibility index (Phi) is 5.31. The van der Waals surface area contributed by atoms with Crippen LogP contribution in [0, 0.1) is 5.82 Å². The molecule has 4 N–H and O–H groups in total. The number of likely N-dealkylation sites (N-methyl/N-ethyl adjacent to an activating group) is 1. The van der Waals surface area contributed by atoms with Gasteiger partial charge in [-0.3, -0.25) is 4.79 Å². The molecule has 1 aromatic rings. The average Bonchev–Trinajstić information content (AvgIpc) is 2.40. The number of nitrogens with zero attached hydrogens (tertiary/aromatic N) is 1. The summed E-state index contributed by atoms with van der Waals surface area (Å²) in [6, 6.07) is 2.43. The molecule has 1 rings (SSSR count). The zero-order valence-electron chi connectivity index (χ0n) is 11.4. The Morgan fingerprint density at radius 1 is 1.45 bits per heavy atom. The van der Waals surface area contributed by atoms with Crippen LogP contribution in [-0.4, -0.2) is 37.1 Å². The molecule has 0 saturated heterocycles. The van der Waals surface area contributed by atoms with Gasteiger partial charge in [-0.05, 0) is 18.6 Å². The van der Waals surface area contributed by atoms with E-state index in [0.29, 0.717) is 13.0 Å². The molecule has 1 aromatic carbocycles. The second kappa shape index (κ2) is 6.74. The number of hydrogen-bond donors (Lipinski definition) is 3. The van der Waals surface area contributed by atoms with E-state index >= 15 is 0 Å². The number of carboxylic acids is 1. The minimum atomic E-state index is -1.32. The Morgan fingerprint density at radius 2 is 2.10 bits per heavy atom. The average molecular weight is 283 g/mol. The molecule has 110 valence electrons. The first kappa shape index (κ1) is 15.7. The number of hydrogen-bond acceptors (Lipinski definition) is 4. The first-order valence-corrected chi connectivity index (χ1v) is 6.19. The largest absolute Gasteiger partial charge is 0.478 e. The maximum absolute atomic E-state index is 13.4. The Balaban J connectivity index is 3.28. The summed E-state index contributed by atoms with van der Waals surface area (Å²) in [5.41, 5.74) is 5.00. The molecule has 1 amide bonds. The second-order valence-electron chi connectivity index (χ2n) is 4.26. The monoisotopic (exact) mass is 283 g/mol. The number of nitrogens with two attached hydrogens (primary N) is 1. The number of carboxylic acid groups (broad SMARTS) is 1. The highest BCUT2D eigenvalue weighted by Gasteiger charge is 2.22. The van der Waals surface area contributed by atoms with E-state index in [2.05, 4.69) is 5.32 Å². The maximum atomic E-state index is 13.4. The van der Waals surface area contributed by atoms with Crippen LogP contribution in [0.4, 0.5) is 15.8 Å². The molecule has 0 radical (unpaired) electrons. The number of halogens is 1. The molecule has 0 fully saturated rings. The van der Waals surface area contributed by atoms with Gasteiger partial charge in [0.25, 0.3) is 0 Å². The van der Waals surface area contributed by atoms with Crippen LogP contribution in [0.1, 0.15) is 23.7 Å². The van der Waals surface area contributed by atoms with Crippen LogP contribution >= 0.6 is 0 Å². The lowest BCUT2D eigenvalue weighted by atomic mass is 10.1. The van der Waals surface area contributed by atoms with Gasteiger partial charge in [-0.2, -0.15) is 0 Å². The van der Waals surface area contributed by atoms with Crippen molar-refractivity contribution in [3.63, 3.8) is 0 Å². The lowest BCUT2D eigenvalue weighted by Gasteiger charge is -2.25. The van der Waals surface area contributed by atoms with E-state index in [0.717, 1.165) is 6.07 Å². The highest BCUT2D eigenvalue weighted by atomic mass is 19.1. The molecular formula is C13H18FN3O3. The molecular weight excluding hydrogens is 265 g/mol. The summed E-state index contributed by atoms with van der Waals surface area (Å²) in [6.45, 7) is 2.33. The van der Waals surface area contributed by atoms with Crippen LogP contribution in [0.2, 0.25) is 0 Å². The number of carbonyl (C=O) groups excluding carboxylic acids is 1. The third-order valence-electron chi connectivity index (χ3n) is 2.83. The van der Waals surface area contributed by atoms with Gasteiger partial charge in [0, 0.05) is 13.6 Å². The lowest BCUT2D eigenvalue weighted by Crippen LogP contribution is -2.37. The van der Waals surface area contributed by atoms with Crippen LogP contribution in [0.3, 0.4) is 0 Å². The summed E-state index contributed by atoms with van der Waals surface area (Å²) in [7, 11) is 1.49. The number of aromatic carboxylic acids is 1. The molecule has 0 aliphatic rings. The highest BCUT2D eigenvalue weighted by molar-refractivity contribution is 6.00. The van der Waals surface area contributed by atoms with Crippen LogP contribution in [-0.2, 0) is 4.79 Å². The summed E-state index contributed by atoms with van der Waals surface area (Å²) in [5.74, 6) is -2.38. The summed E-state index contributed by atoms with van der Waals surface area (Å²) in [5, 5.41) is 11.7.